The first kappa shape index (κ1) is 22.5. The zero-order valence-electron chi connectivity index (χ0n) is 18.9. The molecule has 0 bridgehead atoms. The first-order valence-electron chi connectivity index (χ1n) is 10.5. The lowest BCUT2D eigenvalue weighted by molar-refractivity contribution is -0.135. The standard InChI is InChI=1S/C23H30N4O4/c1-7-24-18-13-19(31-16(18)4)21(28)27-12-11-26(14-23(27,5)6)20-15(3)9-10-17(25-20)22(29)30-8-2/h9-10,13H,4,7-8,11-12,14H2,1-3,5-6H3/b24-18-. The second kappa shape index (κ2) is 8.91. The Labute approximate surface area is 183 Å². The van der Waals surface area contributed by atoms with E-state index in [1.165, 1.54) is 0 Å². The van der Waals surface area contributed by atoms with Crippen molar-refractivity contribution in [3.05, 3.63) is 47.6 Å². The molecule has 0 aromatic carbocycles. The maximum atomic E-state index is 13.2. The van der Waals surface area contributed by atoms with Crippen LogP contribution < -0.4 is 4.90 Å². The van der Waals surface area contributed by atoms with E-state index in [9.17, 15) is 9.59 Å². The fourth-order valence-corrected chi connectivity index (χ4v) is 3.83. The molecule has 1 fully saturated rings. The van der Waals surface area contributed by atoms with Gasteiger partial charge in [-0.1, -0.05) is 12.6 Å². The van der Waals surface area contributed by atoms with E-state index in [2.05, 4.69) is 21.5 Å². The van der Waals surface area contributed by atoms with Gasteiger partial charge >= 0.3 is 5.97 Å². The molecule has 1 aromatic heterocycles. The Kier molecular flexibility index (Phi) is 6.48. The Morgan fingerprint density at radius 2 is 2.03 bits per heavy atom. The van der Waals surface area contributed by atoms with Crippen LogP contribution in [0.3, 0.4) is 0 Å². The number of pyridine rings is 1. The topological polar surface area (TPSA) is 84.3 Å². The summed E-state index contributed by atoms with van der Waals surface area (Å²) in [5.41, 5.74) is 1.36. The van der Waals surface area contributed by atoms with Crippen LogP contribution in [0.5, 0.6) is 0 Å². The monoisotopic (exact) mass is 426 g/mol. The van der Waals surface area contributed by atoms with Gasteiger partial charge in [-0.25, -0.2) is 9.78 Å². The number of carbonyl (C=O) groups excluding carboxylic acids is 2. The molecule has 0 radical (unpaired) electrons. The molecule has 1 saturated heterocycles. The number of ether oxygens (including phenoxy) is 2. The Hall–Kier alpha value is -3.16. The number of allylic oxidation sites excluding steroid dienone is 1. The second-order valence-electron chi connectivity index (χ2n) is 8.14. The molecule has 8 nitrogen and oxygen atoms in total. The first-order valence-corrected chi connectivity index (χ1v) is 10.5. The van der Waals surface area contributed by atoms with Crippen LogP contribution >= 0.6 is 0 Å². The largest absolute Gasteiger partial charge is 0.461 e. The molecule has 1 amide bonds. The van der Waals surface area contributed by atoms with Crippen molar-refractivity contribution in [1.82, 2.24) is 9.88 Å². The fraction of sp³-hybridized carbons (Fsp3) is 0.478. The van der Waals surface area contributed by atoms with Gasteiger partial charge in [-0.2, -0.15) is 0 Å². The van der Waals surface area contributed by atoms with Crippen molar-refractivity contribution in [2.75, 3.05) is 37.7 Å². The van der Waals surface area contributed by atoms with Gasteiger partial charge in [0.25, 0.3) is 5.91 Å². The third-order valence-corrected chi connectivity index (χ3v) is 5.33. The first-order chi connectivity index (χ1) is 14.7. The van der Waals surface area contributed by atoms with Gasteiger partial charge in [0.2, 0.25) is 0 Å². The number of carbonyl (C=O) groups is 2. The maximum Gasteiger partial charge on any atom is 0.356 e. The van der Waals surface area contributed by atoms with Crippen molar-refractivity contribution < 1.29 is 19.1 Å². The zero-order valence-corrected chi connectivity index (χ0v) is 18.9. The lowest BCUT2D eigenvalue weighted by Crippen LogP contribution is -2.61. The molecular formula is C23H30N4O4. The molecule has 2 aliphatic heterocycles. The SMILES string of the molecule is C=C1OC(C(=O)N2CCN(c3nc(C(=O)OCC)ccc3C)CC2(C)C)=C/C1=N/CC. The van der Waals surface area contributed by atoms with Gasteiger partial charge in [-0.15, -0.1) is 0 Å². The Morgan fingerprint density at radius 1 is 1.29 bits per heavy atom. The predicted molar refractivity (Wildman–Crippen MR) is 119 cm³/mol. The van der Waals surface area contributed by atoms with E-state index in [-0.39, 0.29) is 17.4 Å². The lowest BCUT2D eigenvalue weighted by atomic mass is 9.97. The molecule has 2 aliphatic rings. The normalized spacial score (nSPS) is 19.3. The number of rotatable bonds is 5. The molecule has 8 heteroatoms. The summed E-state index contributed by atoms with van der Waals surface area (Å²) >= 11 is 0. The van der Waals surface area contributed by atoms with Gasteiger partial charge < -0.3 is 19.3 Å². The maximum absolute atomic E-state index is 13.2. The summed E-state index contributed by atoms with van der Waals surface area (Å²) in [5.74, 6) is 0.756. The van der Waals surface area contributed by atoms with E-state index >= 15 is 0 Å². The highest BCUT2D eigenvalue weighted by atomic mass is 16.5. The molecule has 31 heavy (non-hydrogen) atoms. The summed E-state index contributed by atoms with van der Waals surface area (Å²) in [6, 6.07) is 3.55. The average Bonchev–Trinajstić information content (AvgIpc) is 3.08. The molecule has 0 N–H and O–H groups in total. The van der Waals surface area contributed by atoms with E-state index < -0.39 is 11.5 Å². The second-order valence-corrected chi connectivity index (χ2v) is 8.14. The number of amides is 1. The molecule has 0 aliphatic carbocycles. The van der Waals surface area contributed by atoms with E-state index in [0.717, 1.165) is 11.4 Å². The van der Waals surface area contributed by atoms with Crippen molar-refractivity contribution in [3.63, 3.8) is 0 Å². The van der Waals surface area contributed by atoms with E-state index in [1.807, 2.05) is 38.7 Å². The highest BCUT2D eigenvalue weighted by Gasteiger charge is 2.40. The van der Waals surface area contributed by atoms with Crippen LogP contribution in [0, 0.1) is 6.92 Å². The van der Waals surface area contributed by atoms with Crippen molar-refractivity contribution in [2.45, 2.75) is 40.2 Å². The van der Waals surface area contributed by atoms with Crippen molar-refractivity contribution in [3.8, 4) is 0 Å². The number of piperazine rings is 1. The van der Waals surface area contributed by atoms with Gasteiger partial charge in [0.1, 0.15) is 17.3 Å². The van der Waals surface area contributed by atoms with Crippen LogP contribution in [0.4, 0.5) is 5.82 Å². The number of hydrogen-bond acceptors (Lipinski definition) is 7. The van der Waals surface area contributed by atoms with Crippen LogP contribution in [-0.4, -0.2) is 65.8 Å². The minimum absolute atomic E-state index is 0.183. The molecule has 0 unspecified atom stereocenters. The molecular weight excluding hydrogens is 396 g/mol. The van der Waals surface area contributed by atoms with E-state index in [4.69, 9.17) is 9.47 Å². The van der Waals surface area contributed by atoms with Crippen molar-refractivity contribution in [1.29, 1.82) is 0 Å². The minimum Gasteiger partial charge on any atom is -0.461 e. The summed E-state index contributed by atoms with van der Waals surface area (Å²) in [6.07, 6.45) is 1.66. The molecule has 0 atom stereocenters. The molecule has 0 spiro atoms. The Balaban J connectivity index is 1.79. The van der Waals surface area contributed by atoms with Gasteiger partial charge in [-0.05, 0) is 46.2 Å². The summed E-state index contributed by atoms with van der Waals surface area (Å²) < 4.78 is 10.7. The summed E-state index contributed by atoms with van der Waals surface area (Å²) in [5, 5.41) is 0. The van der Waals surface area contributed by atoms with Crippen molar-refractivity contribution >= 4 is 23.4 Å². The van der Waals surface area contributed by atoms with Crippen LogP contribution in [0.15, 0.2) is 41.3 Å². The average molecular weight is 427 g/mol. The van der Waals surface area contributed by atoms with E-state index in [1.54, 1.807) is 19.1 Å². The van der Waals surface area contributed by atoms with Crippen LogP contribution in [0.2, 0.25) is 0 Å². The molecule has 3 rings (SSSR count). The van der Waals surface area contributed by atoms with Crippen LogP contribution in [0.25, 0.3) is 0 Å². The van der Waals surface area contributed by atoms with Gasteiger partial charge in [0, 0.05) is 32.3 Å². The smallest absolute Gasteiger partial charge is 0.356 e. The molecule has 0 saturated carbocycles. The number of aromatic nitrogens is 1. The number of anilines is 1. The fourth-order valence-electron chi connectivity index (χ4n) is 3.83. The number of aliphatic imine (C=N–C) groups is 1. The Morgan fingerprint density at radius 3 is 2.68 bits per heavy atom. The molecule has 3 heterocycles. The third-order valence-electron chi connectivity index (χ3n) is 5.33. The van der Waals surface area contributed by atoms with Crippen molar-refractivity contribution in [2.24, 2.45) is 4.99 Å². The molecule has 166 valence electrons. The minimum atomic E-state index is -0.487. The number of nitrogens with zero attached hydrogens (tertiary/aromatic N) is 4. The number of esters is 1. The van der Waals surface area contributed by atoms with E-state index in [0.29, 0.717) is 44.3 Å². The zero-order chi connectivity index (χ0) is 22.8. The number of aryl methyl sites for hydroxylation is 1. The van der Waals surface area contributed by atoms with Crippen LogP contribution in [0.1, 0.15) is 43.7 Å². The number of hydrogen-bond donors (Lipinski definition) is 0. The van der Waals surface area contributed by atoms with Gasteiger partial charge in [0.05, 0.1) is 12.1 Å². The van der Waals surface area contributed by atoms with Crippen LogP contribution in [-0.2, 0) is 14.3 Å². The quantitative estimate of drug-likeness (QED) is 0.673. The lowest BCUT2D eigenvalue weighted by Gasteiger charge is -2.47. The predicted octanol–water partition coefficient (Wildman–Crippen LogP) is 2.88. The summed E-state index contributed by atoms with van der Waals surface area (Å²) in [4.78, 5) is 38.1. The summed E-state index contributed by atoms with van der Waals surface area (Å²) in [6.45, 7) is 16.0. The van der Waals surface area contributed by atoms with Gasteiger partial charge in [-0.3, -0.25) is 9.79 Å². The van der Waals surface area contributed by atoms with Gasteiger partial charge in [0.15, 0.2) is 11.5 Å². The highest BCUT2D eigenvalue weighted by molar-refractivity contribution is 6.14. The Bertz CT molecular complexity index is 964. The third kappa shape index (κ3) is 4.62. The summed E-state index contributed by atoms with van der Waals surface area (Å²) in [7, 11) is 0. The highest BCUT2D eigenvalue weighted by Crippen LogP contribution is 2.30. The molecule has 1 aromatic rings.